The van der Waals surface area contributed by atoms with Crippen LogP contribution in [0.5, 0.6) is 0 Å². The first-order valence-electron chi connectivity index (χ1n) is 8.96. The minimum Gasteiger partial charge on any atom is -0.386 e. The Morgan fingerprint density at radius 2 is 2.23 bits per heavy atom. The second kappa shape index (κ2) is 7.82. The summed E-state index contributed by atoms with van der Waals surface area (Å²) in [5.41, 5.74) is 1.17. The lowest BCUT2D eigenvalue weighted by Gasteiger charge is -2.24. The third-order valence-electron chi connectivity index (χ3n) is 4.70. The van der Waals surface area contributed by atoms with Gasteiger partial charge in [-0.2, -0.15) is 5.10 Å². The lowest BCUT2D eigenvalue weighted by molar-refractivity contribution is -0.122. The smallest absolute Gasteiger partial charge is 0.220 e. The Hall–Kier alpha value is -2.48. The third-order valence-corrected chi connectivity index (χ3v) is 4.70. The number of aromatic nitrogens is 4. The van der Waals surface area contributed by atoms with Crippen LogP contribution in [-0.2, 0) is 11.3 Å². The number of amides is 1. The lowest BCUT2D eigenvalue weighted by Crippen LogP contribution is -2.45. The summed E-state index contributed by atoms with van der Waals surface area (Å²) in [6.07, 6.45) is 6.68. The van der Waals surface area contributed by atoms with Crippen LogP contribution >= 0.6 is 0 Å². The number of β-amino-alcohol motifs (C(OH)–C–C–N with tert-alkyl or cyclic N) is 1. The van der Waals surface area contributed by atoms with Crippen molar-refractivity contribution in [2.75, 3.05) is 24.5 Å². The highest BCUT2D eigenvalue weighted by Gasteiger charge is 2.36. The SMILES string of the molecule is Cc1cc(C)n(CCCC(=O)NCC2(O)CCN(c3cnccn3)C2)n1. The predicted octanol–water partition coefficient (Wildman–Crippen LogP) is 0.828. The van der Waals surface area contributed by atoms with Crippen molar-refractivity contribution in [1.82, 2.24) is 25.1 Å². The summed E-state index contributed by atoms with van der Waals surface area (Å²) < 4.78 is 1.92. The maximum Gasteiger partial charge on any atom is 0.220 e. The molecular weight excluding hydrogens is 332 g/mol. The van der Waals surface area contributed by atoms with Crippen LogP contribution in [0.4, 0.5) is 5.82 Å². The number of nitrogens with zero attached hydrogens (tertiary/aromatic N) is 5. The average molecular weight is 358 g/mol. The molecule has 1 saturated heterocycles. The van der Waals surface area contributed by atoms with E-state index >= 15 is 0 Å². The summed E-state index contributed by atoms with van der Waals surface area (Å²) in [6, 6.07) is 2.03. The average Bonchev–Trinajstić information content (AvgIpc) is 3.17. The molecule has 8 nitrogen and oxygen atoms in total. The van der Waals surface area contributed by atoms with Gasteiger partial charge >= 0.3 is 0 Å². The Morgan fingerprint density at radius 1 is 1.38 bits per heavy atom. The zero-order valence-electron chi connectivity index (χ0n) is 15.4. The Balaban J connectivity index is 1.41. The Bertz CT molecular complexity index is 747. The van der Waals surface area contributed by atoms with Gasteiger partial charge in [0, 0.05) is 50.7 Å². The highest BCUT2D eigenvalue weighted by atomic mass is 16.3. The van der Waals surface area contributed by atoms with Gasteiger partial charge in [-0.05, 0) is 32.8 Å². The second-order valence-corrected chi connectivity index (χ2v) is 6.99. The van der Waals surface area contributed by atoms with Crippen molar-refractivity contribution in [3.8, 4) is 0 Å². The van der Waals surface area contributed by atoms with E-state index in [0.717, 1.165) is 30.2 Å². The molecule has 2 N–H and O–H groups in total. The minimum atomic E-state index is -0.928. The molecule has 1 atom stereocenters. The number of aryl methyl sites for hydroxylation is 3. The summed E-state index contributed by atoms with van der Waals surface area (Å²) >= 11 is 0. The van der Waals surface area contributed by atoms with Gasteiger partial charge in [0.15, 0.2) is 0 Å². The largest absolute Gasteiger partial charge is 0.386 e. The molecule has 0 radical (unpaired) electrons. The van der Waals surface area contributed by atoms with Crippen molar-refractivity contribution in [1.29, 1.82) is 0 Å². The molecule has 0 spiro atoms. The van der Waals surface area contributed by atoms with Crippen molar-refractivity contribution in [3.05, 3.63) is 36.0 Å². The van der Waals surface area contributed by atoms with Crippen LogP contribution in [0.1, 0.15) is 30.7 Å². The van der Waals surface area contributed by atoms with Crippen molar-refractivity contribution in [3.63, 3.8) is 0 Å². The summed E-state index contributed by atoms with van der Waals surface area (Å²) in [5, 5.41) is 18.0. The topological polar surface area (TPSA) is 96.2 Å². The Morgan fingerprint density at radius 3 is 2.92 bits per heavy atom. The van der Waals surface area contributed by atoms with E-state index in [9.17, 15) is 9.90 Å². The van der Waals surface area contributed by atoms with Crippen LogP contribution in [0.15, 0.2) is 24.7 Å². The first-order valence-corrected chi connectivity index (χ1v) is 8.96. The normalized spacial score (nSPS) is 19.7. The first kappa shape index (κ1) is 18.3. The van der Waals surface area contributed by atoms with Crippen molar-refractivity contribution >= 4 is 11.7 Å². The maximum absolute atomic E-state index is 12.1. The van der Waals surface area contributed by atoms with Gasteiger partial charge in [0.05, 0.1) is 11.9 Å². The summed E-state index contributed by atoms with van der Waals surface area (Å²) in [7, 11) is 0. The molecule has 1 amide bonds. The predicted molar refractivity (Wildman–Crippen MR) is 97.8 cm³/mol. The number of aliphatic hydroxyl groups is 1. The standard InChI is InChI=1S/C18H26N6O2/c1-14-10-15(2)24(22-14)8-3-4-17(25)21-12-18(26)5-9-23(13-18)16-11-19-6-7-20-16/h6-7,10-11,26H,3-5,8-9,12-13H2,1-2H3,(H,21,25). The highest BCUT2D eigenvalue weighted by molar-refractivity contribution is 5.75. The van der Waals surface area contributed by atoms with Gasteiger partial charge in [0.25, 0.3) is 0 Å². The molecule has 0 bridgehead atoms. The molecule has 26 heavy (non-hydrogen) atoms. The fourth-order valence-electron chi connectivity index (χ4n) is 3.29. The van der Waals surface area contributed by atoms with Gasteiger partial charge in [-0.25, -0.2) is 4.98 Å². The Kier molecular flexibility index (Phi) is 5.51. The fraction of sp³-hybridized carbons (Fsp3) is 0.556. The minimum absolute atomic E-state index is 0.0436. The molecule has 0 aliphatic carbocycles. The van der Waals surface area contributed by atoms with Gasteiger partial charge in [0.2, 0.25) is 5.91 Å². The van der Waals surface area contributed by atoms with Gasteiger partial charge in [-0.3, -0.25) is 14.5 Å². The van der Waals surface area contributed by atoms with Crippen molar-refractivity contribution < 1.29 is 9.90 Å². The molecule has 140 valence electrons. The molecule has 0 aromatic carbocycles. The number of hydrogen-bond acceptors (Lipinski definition) is 6. The van der Waals surface area contributed by atoms with Crippen LogP contribution in [0.2, 0.25) is 0 Å². The second-order valence-electron chi connectivity index (χ2n) is 6.99. The number of carbonyl (C=O) groups excluding carboxylic acids is 1. The van der Waals surface area contributed by atoms with E-state index in [0.29, 0.717) is 25.9 Å². The van der Waals surface area contributed by atoms with Crippen LogP contribution in [0.25, 0.3) is 0 Å². The number of nitrogens with one attached hydrogen (secondary N) is 1. The van der Waals surface area contributed by atoms with Gasteiger partial charge in [-0.1, -0.05) is 0 Å². The van der Waals surface area contributed by atoms with Gasteiger partial charge in [-0.15, -0.1) is 0 Å². The van der Waals surface area contributed by atoms with E-state index in [1.165, 1.54) is 0 Å². The van der Waals surface area contributed by atoms with Crippen LogP contribution < -0.4 is 10.2 Å². The molecule has 3 heterocycles. The van der Waals surface area contributed by atoms with Gasteiger partial charge < -0.3 is 15.3 Å². The lowest BCUT2D eigenvalue weighted by atomic mass is 10.0. The molecule has 1 aliphatic heterocycles. The van der Waals surface area contributed by atoms with E-state index < -0.39 is 5.60 Å². The fourth-order valence-corrected chi connectivity index (χ4v) is 3.29. The number of anilines is 1. The molecule has 8 heteroatoms. The monoisotopic (exact) mass is 358 g/mol. The van der Waals surface area contributed by atoms with Crippen LogP contribution in [0, 0.1) is 13.8 Å². The molecule has 2 aromatic rings. The molecule has 1 aliphatic rings. The third kappa shape index (κ3) is 4.57. The summed E-state index contributed by atoms with van der Waals surface area (Å²) in [5.74, 6) is 0.706. The zero-order chi connectivity index (χ0) is 18.6. The Labute approximate surface area is 153 Å². The van der Waals surface area contributed by atoms with Crippen LogP contribution in [0.3, 0.4) is 0 Å². The van der Waals surface area contributed by atoms with E-state index in [2.05, 4.69) is 20.4 Å². The molecule has 2 aromatic heterocycles. The quantitative estimate of drug-likeness (QED) is 0.761. The van der Waals surface area contributed by atoms with Crippen molar-refractivity contribution in [2.45, 2.75) is 45.3 Å². The number of rotatable bonds is 7. The van der Waals surface area contributed by atoms with Gasteiger partial charge in [0.1, 0.15) is 11.4 Å². The van der Waals surface area contributed by atoms with E-state index in [4.69, 9.17) is 0 Å². The number of carbonyl (C=O) groups is 1. The van der Waals surface area contributed by atoms with Crippen molar-refractivity contribution in [2.24, 2.45) is 0 Å². The van der Waals surface area contributed by atoms with E-state index in [1.54, 1.807) is 18.6 Å². The summed E-state index contributed by atoms with van der Waals surface area (Å²) in [6.45, 7) is 6.09. The molecule has 0 saturated carbocycles. The molecule has 1 unspecified atom stereocenters. The van der Waals surface area contributed by atoms with Crippen LogP contribution in [-0.4, -0.2) is 56.0 Å². The highest BCUT2D eigenvalue weighted by Crippen LogP contribution is 2.24. The first-order chi connectivity index (χ1) is 12.5. The summed E-state index contributed by atoms with van der Waals surface area (Å²) in [4.78, 5) is 22.4. The molecule has 3 rings (SSSR count). The number of hydrogen-bond donors (Lipinski definition) is 2. The van der Waals surface area contributed by atoms with E-state index in [-0.39, 0.29) is 12.5 Å². The zero-order valence-corrected chi connectivity index (χ0v) is 15.4. The molecular formula is C18H26N6O2. The van der Waals surface area contributed by atoms with E-state index in [1.807, 2.05) is 29.5 Å². The molecule has 1 fully saturated rings. The maximum atomic E-state index is 12.1.